The van der Waals surface area contributed by atoms with Gasteiger partial charge < -0.3 is 10.2 Å². The lowest BCUT2D eigenvalue weighted by atomic mass is 9.93. The summed E-state index contributed by atoms with van der Waals surface area (Å²) < 4.78 is 0. The standard InChI is InChI=1S/C23H31N3O/c27-23(9-8-19-10-12-24-13-11-19)26-16-14-25(15-17-26)18-21-6-3-5-20-4-1-2-7-22(20)21/h1-7,19,24H,8-18H2. The minimum absolute atomic E-state index is 0.360. The molecule has 0 radical (unpaired) electrons. The van der Waals surface area contributed by atoms with E-state index in [0.29, 0.717) is 5.91 Å². The van der Waals surface area contributed by atoms with Gasteiger partial charge in [0.15, 0.2) is 0 Å². The van der Waals surface area contributed by atoms with E-state index in [1.54, 1.807) is 0 Å². The smallest absolute Gasteiger partial charge is 0.222 e. The van der Waals surface area contributed by atoms with Crippen molar-refractivity contribution in [3.63, 3.8) is 0 Å². The van der Waals surface area contributed by atoms with Gasteiger partial charge in [0.25, 0.3) is 0 Å². The fourth-order valence-corrected chi connectivity index (χ4v) is 4.48. The third kappa shape index (κ3) is 4.69. The van der Waals surface area contributed by atoms with Gasteiger partial charge in [-0.25, -0.2) is 0 Å². The summed E-state index contributed by atoms with van der Waals surface area (Å²) in [5, 5.41) is 6.06. The van der Waals surface area contributed by atoms with Crippen LogP contribution in [-0.2, 0) is 11.3 Å². The molecule has 1 N–H and O–H groups in total. The van der Waals surface area contributed by atoms with Crippen LogP contribution in [0.4, 0.5) is 0 Å². The van der Waals surface area contributed by atoms with Crippen molar-refractivity contribution in [3.05, 3.63) is 48.0 Å². The summed E-state index contributed by atoms with van der Waals surface area (Å²) in [6, 6.07) is 15.2. The highest BCUT2D eigenvalue weighted by molar-refractivity contribution is 5.85. The Morgan fingerprint density at radius 2 is 1.70 bits per heavy atom. The predicted octanol–water partition coefficient (Wildman–Crippen LogP) is 3.26. The first-order valence-corrected chi connectivity index (χ1v) is 10.5. The van der Waals surface area contributed by atoms with Crippen molar-refractivity contribution in [2.45, 2.75) is 32.2 Å². The van der Waals surface area contributed by atoms with Gasteiger partial charge in [0.1, 0.15) is 0 Å². The summed E-state index contributed by atoms with van der Waals surface area (Å²) in [6.45, 7) is 6.89. The molecule has 0 spiro atoms. The van der Waals surface area contributed by atoms with Gasteiger partial charge in [-0.3, -0.25) is 9.69 Å². The molecule has 0 aromatic heterocycles. The van der Waals surface area contributed by atoms with E-state index in [9.17, 15) is 4.79 Å². The first-order valence-electron chi connectivity index (χ1n) is 10.5. The molecule has 4 nitrogen and oxygen atoms in total. The number of piperazine rings is 1. The molecule has 0 saturated carbocycles. The van der Waals surface area contributed by atoms with E-state index < -0.39 is 0 Å². The van der Waals surface area contributed by atoms with Gasteiger partial charge in [-0.15, -0.1) is 0 Å². The highest BCUT2D eigenvalue weighted by atomic mass is 16.2. The van der Waals surface area contributed by atoms with Crippen LogP contribution in [0.2, 0.25) is 0 Å². The minimum Gasteiger partial charge on any atom is -0.340 e. The maximum Gasteiger partial charge on any atom is 0.222 e. The van der Waals surface area contributed by atoms with Crippen molar-refractivity contribution >= 4 is 16.7 Å². The third-order valence-corrected chi connectivity index (χ3v) is 6.22. The van der Waals surface area contributed by atoms with Crippen LogP contribution in [0.3, 0.4) is 0 Å². The van der Waals surface area contributed by atoms with Crippen molar-refractivity contribution < 1.29 is 4.79 Å². The number of benzene rings is 2. The number of carbonyl (C=O) groups excluding carboxylic acids is 1. The molecule has 2 aliphatic heterocycles. The second kappa shape index (κ2) is 8.85. The van der Waals surface area contributed by atoms with E-state index in [4.69, 9.17) is 0 Å². The summed E-state index contributed by atoms with van der Waals surface area (Å²) in [5.74, 6) is 1.10. The number of hydrogen-bond acceptors (Lipinski definition) is 3. The van der Waals surface area contributed by atoms with Crippen LogP contribution >= 0.6 is 0 Å². The van der Waals surface area contributed by atoms with Crippen LogP contribution in [0.1, 0.15) is 31.2 Å². The fourth-order valence-electron chi connectivity index (χ4n) is 4.48. The predicted molar refractivity (Wildman–Crippen MR) is 111 cm³/mol. The first kappa shape index (κ1) is 18.5. The Morgan fingerprint density at radius 1 is 0.963 bits per heavy atom. The molecule has 2 saturated heterocycles. The van der Waals surface area contributed by atoms with Crippen LogP contribution in [0.5, 0.6) is 0 Å². The van der Waals surface area contributed by atoms with Crippen molar-refractivity contribution in [1.82, 2.24) is 15.1 Å². The molecule has 0 atom stereocenters. The van der Waals surface area contributed by atoms with Crippen LogP contribution in [0.25, 0.3) is 10.8 Å². The van der Waals surface area contributed by atoms with E-state index >= 15 is 0 Å². The van der Waals surface area contributed by atoms with Crippen LogP contribution < -0.4 is 5.32 Å². The Labute approximate surface area is 162 Å². The molecule has 2 heterocycles. The van der Waals surface area contributed by atoms with Crippen molar-refractivity contribution in [2.75, 3.05) is 39.3 Å². The maximum atomic E-state index is 12.6. The molecule has 2 fully saturated rings. The highest BCUT2D eigenvalue weighted by Gasteiger charge is 2.22. The average Bonchev–Trinajstić information content (AvgIpc) is 2.74. The summed E-state index contributed by atoms with van der Waals surface area (Å²) in [5.41, 5.74) is 1.39. The van der Waals surface area contributed by atoms with E-state index in [1.165, 1.54) is 29.2 Å². The normalized spacial score (nSPS) is 19.5. The van der Waals surface area contributed by atoms with E-state index in [0.717, 1.165) is 64.6 Å². The van der Waals surface area contributed by atoms with Gasteiger partial charge in [0, 0.05) is 39.1 Å². The van der Waals surface area contributed by atoms with E-state index in [1.807, 2.05) is 0 Å². The van der Waals surface area contributed by atoms with Gasteiger partial charge >= 0.3 is 0 Å². The number of hydrogen-bond donors (Lipinski definition) is 1. The average molecular weight is 366 g/mol. The zero-order chi connectivity index (χ0) is 18.5. The van der Waals surface area contributed by atoms with E-state index in [-0.39, 0.29) is 0 Å². The summed E-state index contributed by atoms with van der Waals surface area (Å²) >= 11 is 0. The van der Waals surface area contributed by atoms with Gasteiger partial charge in [0.2, 0.25) is 5.91 Å². The van der Waals surface area contributed by atoms with Crippen molar-refractivity contribution in [3.8, 4) is 0 Å². The number of rotatable bonds is 5. The minimum atomic E-state index is 0.360. The molecular weight excluding hydrogens is 334 g/mol. The molecule has 0 unspecified atom stereocenters. The monoisotopic (exact) mass is 365 g/mol. The number of fused-ring (bicyclic) bond motifs is 1. The molecule has 4 heteroatoms. The maximum absolute atomic E-state index is 12.6. The number of piperidine rings is 1. The largest absolute Gasteiger partial charge is 0.340 e. The Kier molecular flexibility index (Phi) is 6.05. The molecule has 1 amide bonds. The Morgan fingerprint density at radius 3 is 2.52 bits per heavy atom. The number of carbonyl (C=O) groups is 1. The van der Waals surface area contributed by atoms with Crippen LogP contribution in [0.15, 0.2) is 42.5 Å². The van der Waals surface area contributed by atoms with Crippen molar-refractivity contribution in [2.24, 2.45) is 5.92 Å². The molecule has 4 rings (SSSR count). The Balaban J connectivity index is 1.26. The molecule has 0 aliphatic carbocycles. The lowest BCUT2D eigenvalue weighted by Gasteiger charge is -2.35. The van der Waals surface area contributed by atoms with Crippen LogP contribution in [0, 0.1) is 5.92 Å². The Bertz CT molecular complexity index is 756. The second-order valence-corrected chi connectivity index (χ2v) is 8.03. The van der Waals surface area contributed by atoms with Crippen molar-refractivity contribution in [1.29, 1.82) is 0 Å². The topological polar surface area (TPSA) is 35.6 Å². The Hall–Kier alpha value is -1.91. The molecule has 0 bridgehead atoms. The molecule has 2 aromatic carbocycles. The molecule has 27 heavy (non-hydrogen) atoms. The van der Waals surface area contributed by atoms with Crippen LogP contribution in [-0.4, -0.2) is 55.0 Å². The lowest BCUT2D eigenvalue weighted by Crippen LogP contribution is -2.48. The fraction of sp³-hybridized carbons (Fsp3) is 0.522. The zero-order valence-corrected chi connectivity index (χ0v) is 16.2. The number of nitrogens with zero attached hydrogens (tertiary/aromatic N) is 2. The second-order valence-electron chi connectivity index (χ2n) is 8.03. The molecule has 2 aliphatic rings. The third-order valence-electron chi connectivity index (χ3n) is 6.22. The SMILES string of the molecule is O=C(CCC1CCNCC1)N1CCN(Cc2cccc3ccccc23)CC1. The molecular formula is C23H31N3O. The number of amides is 1. The number of nitrogens with one attached hydrogen (secondary N) is 1. The molecule has 144 valence electrons. The van der Waals surface area contributed by atoms with Gasteiger partial charge in [0.05, 0.1) is 0 Å². The van der Waals surface area contributed by atoms with Gasteiger partial charge in [-0.1, -0.05) is 42.5 Å². The highest BCUT2D eigenvalue weighted by Crippen LogP contribution is 2.21. The summed E-state index contributed by atoms with van der Waals surface area (Å²) in [7, 11) is 0. The quantitative estimate of drug-likeness (QED) is 0.883. The zero-order valence-electron chi connectivity index (χ0n) is 16.2. The van der Waals surface area contributed by atoms with Gasteiger partial charge in [-0.2, -0.15) is 0 Å². The summed E-state index contributed by atoms with van der Waals surface area (Å²) in [6.07, 6.45) is 4.25. The molecule has 2 aromatic rings. The summed E-state index contributed by atoms with van der Waals surface area (Å²) in [4.78, 5) is 17.1. The lowest BCUT2D eigenvalue weighted by molar-refractivity contribution is -0.133. The van der Waals surface area contributed by atoms with Gasteiger partial charge in [-0.05, 0) is 54.6 Å². The van der Waals surface area contributed by atoms with E-state index in [2.05, 4.69) is 57.6 Å². The first-order chi connectivity index (χ1) is 13.3.